The van der Waals surface area contributed by atoms with Crippen molar-refractivity contribution >= 4 is 16.7 Å². The highest BCUT2D eigenvalue weighted by Crippen LogP contribution is 2.31. The summed E-state index contributed by atoms with van der Waals surface area (Å²) in [7, 11) is 1.44. The first-order valence-electron chi connectivity index (χ1n) is 7.07. The molecule has 0 spiro atoms. The van der Waals surface area contributed by atoms with E-state index in [4.69, 9.17) is 4.74 Å². The van der Waals surface area contributed by atoms with Crippen LogP contribution in [0.5, 0.6) is 5.75 Å². The van der Waals surface area contributed by atoms with E-state index < -0.39 is 5.82 Å². The van der Waals surface area contributed by atoms with Gasteiger partial charge in [0.15, 0.2) is 11.6 Å². The van der Waals surface area contributed by atoms with E-state index in [1.165, 1.54) is 19.5 Å². The molecule has 0 aliphatic carbocycles. The van der Waals surface area contributed by atoms with Gasteiger partial charge in [-0.2, -0.15) is 0 Å². The van der Waals surface area contributed by atoms with E-state index in [1.54, 1.807) is 6.07 Å². The summed E-state index contributed by atoms with van der Waals surface area (Å²) in [6, 6.07) is 3.01. The normalized spacial score (nSPS) is 19.0. The minimum Gasteiger partial charge on any atom is -0.494 e. The van der Waals surface area contributed by atoms with E-state index in [0.29, 0.717) is 5.52 Å². The van der Waals surface area contributed by atoms with Gasteiger partial charge in [-0.05, 0) is 24.8 Å². The molecule has 1 unspecified atom stereocenters. The van der Waals surface area contributed by atoms with Gasteiger partial charge in [-0.3, -0.25) is 0 Å². The second-order valence-electron chi connectivity index (χ2n) is 5.34. The number of benzene rings is 1. The molecular formula is C15H18FN3O2. The second kappa shape index (κ2) is 5.81. The number of aliphatic hydroxyl groups excluding tert-OH is 1. The summed E-state index contributed by atoms with van der Waals surface area (Å²) in [5.74, 6) is 0.790. The van der Waals surface area contributed by atoms with Crippen LogP contribution in [-0.4, -0.2) is 41.9 Å². The van der Waals surface area contributed by atoms with Crippen LogP contribution in [0.2, 0.25) is 0 Å². The van der Waals surface area contributed by atoms with Crippen molar-refractivity contribution in [1.29, 1.82) is 0 Å². The summed E-state index contributed by atoms with van der Waals surface area (Å²) < 4.78 is 18.8. The number of nitrogens with zero attached hydrogens (tertiary/aromatic N) is 3. The molecule has 0 saturated carbocycles. The first kappa shape index (κ1) is 14.0. The smallest absolute Gasteiger partial charge is 0.167 e. The molecule has 6 heteroatoms. The van der Waals surface area contributed by atoms with E-state index in [0.717, 1.165) is 37.1 Å². The molecule has 1 atom stereocenters. The van der Waals surface area contributed by atoms with E-state index >= 15 is 0 Å². The molecule has 5 nitrogen and oxygen atoms in total. The third kappa shape index (κ3) is 2.63. The number of piperidine rings is 1. The summed E-state index contributed by atoms with van der Waals surface area (Å²) in [6.07, 6.45) is 3.48. The monoisotopic (exact) mass is 291 g/mol. The molecule has 1 saturated heterocycles. The van der Waals surface area contributed by atoms with Crippen LogP contribution in [0.3, 0.4) is 0 Å². The number of anilines is 1. The van der Waals surface area contributed by atoms with Gasteiger partial charge in [-0.1, -0.05) is 0 Å². The predicted molar refractivity (Wildman–Crippen MR) is 78.1 cm³/mol. The molecule has 2 aromatic rings. The van der Waals surface area contributed by atoms with Gasteiger partial charge in [0.05, 0.1) is 12.6 Å². The Hall–Kier alpha value is -1.95. The Balaban J connectivity index is 2.05. The number of hydrogen-bond acceptors (Lipinski definition) is 5. The fourth-order valence-corrected chi connectivity index (χ4v) is 2.86. The number of halogens is 1. The fraction of sp³-hybridized carbons (Fsp3) is 0.467. The number of hydrogen-bond donors (Lipinski definition) is 1. The molecule has 1 aromatic heterocycles. The molecule has 0 bridgehead atoms. The standard InChI is InChI=1S/C15H18FN3O2/c1-21-14-5-11-13(6-12(14)16)17-9-18-15(11)19-4-2-3-10(7-19)8-20/h5-6,9-10,20H,2-4,7-8H2,1H3. The lowest BCUT2D eigenvalue weighted by Gasteiger charge is -2.33. The van der Waals surface area contributed by atoms with Crippen LogP contribution < -0.4 is 9.64 Å². The molecule has 3 rings (SSSR count). The maximum atomic E-state index is 13.8. The van der Waals surface area contributed by atoms with Gasteiger partial charge in [0.2, 0.25) is 0 Å². The highest BCUT2D eigenvalue weighted by atomic mass is 19.1. The van der Waals surface area contributed by atoms with E-state index in [1.807, 2.05) is 0 Å². The highest BCUT2D eigenvalue weighted by molar-refractivity contribution is 5.90. The van der Waals surface area contributed by atoms with E-state index in [2.05, 4.69) is 14.9 Å². The molecule has 1 aromatic carbocycles. The minimum absolute atomic E-state index is 0.178. The SMILES string of the molecule is COc1cc2c(N3CCCC(CO)C3)ncnc2cc1F. The summed E-state index contributed by atoms with van der Waals surface area (Å²) in [6.45, 7) is 1.81. The number of aliphatic hydroxyl groups is 1. The van der Waals surface area contributed by atoms with Crippen LogP contribution in [-0.2, 0) is 0 Å². The molecule has 0 radical (unpaired) electrons. The number of methoxy groups -OCH3 is 1. The van der Waals surface area contributed by atoms with E-state index in [-0.39, 0.29) is 18.3 Å². The van der Waals surface area contributed by atoms with Crippen LogP contribution >= 0.6 is 0 Å². The van der Waals surface area contributed by atoms with Crippen molar-refractivity contribution in [1.82, 2.24) is 9.97 Å². The molecule has 2 heterocycles. The molecule has 1 aliphatic heterocycles. The number of fused-ring (bicyclic) bond motifs is 1. The topological polar surface area (TPSA) is 58.5 Å². The largest absolute Gasteiger partial charge is 0.494 e. The third-order valence-electron chi connectivity index (χ3n) is 3.96. The lowest BCUT2D eigenvalue weighted by atomic mass is 9.99. The van der Waals surface area contributed by atoms with Crippen molar-refractivity contribution in [2.24, 2.45) is 5.92 Å². The summed E-state index contributed by atoms with van der Waals surface area (Å²) in [4.78, 5) is 10.6. The summed E-state index contributed by atoms with van der Waals surface area (Å²) in [5, 5.41) is 10.1. The lowest BCUT2D eigenvalue weighted by molar-refractivity contribution is 0.208. The Morgan fingerprint density at radius 1 is 1.43 bits per heavy atom. The van der Waals surface area contributed by atoms with Crippen LogP contribution in [0.1, 0.15) is 12.8 Å². The number of aromatic nitrogens is 2. The minimum atomic E-state index is -0.429. The molecule has 1 aliphatic rings. The average Bonchev–Trinajstić information content (AvgIpc) is 2.53. The van der Waals surface area contributed by atoms with Crippen LogP contribution in [0.4, 0.5) is 10.2 Å². The number of ether oxygens (including phenoxy) is 1. The second-order valence-corrected chi connectivity index (χ2v) is 5.34. The lowest BCUT2D eigenvalue weighted by Crippen LogP contribution is -2.37. The first-order valence-corrected chi connectivity index (χ1v) is 7.07. The molecule has 112 valence electrons. The fourth-order valence-electron chi connectivity index (χ4n) is 2.86. The van der Waals surface area contributed by atoms with Gasteiger partial charge in [0.25, 0.3) is 0 Å². The van der Waals surface area contributed by atoms with Crippen molar-refractivity contribution < 1.29 is 14.2 Å². The van der Waals surface area contributed by atoms with Crippen molar-refractivity contribution in [3.63, 3.8) is 0 Å². The molecule has 1 fully saturated rings. The first-order chi connectivity index (χ1) is 10.2. The quantitative estimate of drug-likeness (QED) is 0.937. The zero-order chi connectivity index (χ0) is 14.8. The van der Waals surface area contributed by atoms with Gasteiger partial charge < -0.3 is 14.7 Å². The third-order valence-corrected chi connectivity index (χ3v) is 3.96. The van der Waals surface area contributed by atoms with Gasteiger partial charge in [-0.25, -0.2) is 14.4 Å². The van der Waals surface area contributed by atoms with Crippen molar-refractivity contribution in [3.8, 4) is 5.75 Å². The van der Waals surface area contributed by atoms with Crippen LogP contribution in [0, 0.1) is 11.7 Å². The Kier molecular flexibility index (Phi) is 3.88. The van der Waals surface area contributed by atoms with Crippen LogP contribution in [0.25, 0.3) is 10.9 Å². The Morgan fingerprint density at radius 2 is 2.29 bits per heavy atom. The molecule has 0 amide bonds. The van der Waals surface area contributed by atoms with Gasteiger partial charge in [-0.15, -0.1) is 0 Å². The molecule has 21 heavy (non-hydrogen) atoms. The zero-order valence-corrected chi connectivity index (χ0v) is 11.9. The Bertz CT molecular complexity index is 650. The summed E-state index contributed by atoms with van der Waals surface area (Å²) >= 11 is 0. The maximum absolute atomic E-state index is 13.8. The Morgan fingerprint density at radius 3 is 3.05 bits per heavy atom. The van der Waals surface area contributed by atoms with Crippen molar-refractivity contribution in [2.45, 2.75) is 12.8 Å². The predicted octanol–water partition coefficient (Wildman–Crippen LogP) is 1.99. The van der Waals surface area contributed by atoms with Crippen molar-refractivity contribution in [2.75, 3.05) is 31.7 Å². The van der Waals surface area contributed by atoms with Crippen LogP contribution in [0.15, 0.2) is 18.5 Å². The van der Waals surface area contributed by atoms with Crippen molar-refractivity contribution in [3.05, 3.63) is 24.3 Å². The Labute approximate surface area is 122 Å². The maximum Gasteiger partial charge on any atom is 0.167 e. The highest BCUT2D eigenvalue weighted by Gasteiger charge is 2.22. The molecule has 1 N–H and O–H groups in total. The zero-order valence-electron chi connectivity index (χ0n) is 11.9. The average molecular weight is 291 g/mol. The van der Waals surface area contributed by atoms with Gasteiger partial charge in [0, 0.05) is 31.1 Å². The van der Waals surface area contributed by atoms with Gasteiger partial charge >= 0.3 is 0 Å². The summed E-state index contributed by atoms with van der Waals surface area (Å²) in [5.41, 5.74) is 0.560. The molecular weight excluding hydrogens is 273 g/mol. The van der Waals surface area contributed by atoms with E-state index in [9.17, 15) is 9.50 Å². The number of rotatable bonds is 3. The van der Waals surface area contributed by atoms with Gasteiger partial charge in [0.1, 0.15) is 12.1 Å².